The molecule has 2 unspecified atom stereocenters. The normalized spacial score (nSPS) is 42.3. The molecule has 9 fully saturated rings. The zero-order chi connectivity index (χ0) is 34.4. The summed E-state index contributed by atoms with van der Waals surface area (Å²) in [6, 6.07) is 0. The van der Waals surface area contributed by atoms with E-state index < -0.39 is 57.4 Å². The van der Waals surface area contributed by atoms with Gasteiger partial charge in [0.05, 0.1) is 35.1 Å². The highest BCUT2D eigenvalue weighted by atomic mass is 16.6. The maximum atomic E-state index is 14.6. The van der Waals surface area contributed by atoms with E-state index in [1.807, 2.05) is 0 Å². The van der Waals surface area contributed by atoms with Gasteiger partial charge in [0.1, 0.15) is 5.60 Å². The van der Waals surface area contributed by atoms with E-state index in [4.69, 9.17) is 18.9 Å². The number of hydrogen-bond acceptors (Lipinski definition) is 9. The number of aliphatic hydroxyl groups is 1. The largest absolute Gasteiger partial charge is 0.465 e. The first-order valence-electron chi connectivity index (χ1n) is 19.1. The third kappa shape index (κ3) is 5.00. The van der Waals surface area contributed by atoms with Crippen molar-refractivity contribution in [2.45, 2.75) is 142 Å². The van der Waals surface area contributed by atoms with Gasteiger partial charge in [-0.15, -0.1) is 0 Å². The van der Waals surface area contributed by atoms with Crippen molar-refractivity contribution in [2.75, 3.05) is 13.2 Å². The van der Waals surface area contributed by atoms with Crippen molar-refractivity contribution in [2.24, 2.45) is 63.6 Å². The van der Waals surface area contributed by atoms with Crippen LogP contribution in [0.5, 0.6) is 0 Å². The molecular weight excluding hydrogens is 612 g/mol. The molecule has 1 aliphatic heterocycles. The molecule has 9 aliphatic rings. The monoisotopic (exact) mass is 670 g/mol. The first kappa shape index (κ1) is 34.3. The van der Waals surface area contributed by atoms with E-state index in [-0.39, 0.29) is 31.5 Å². The highest BCUT2D eigenvalue weighted by molar-refractivity contribution is 5.95. The highest BCUT2D eigenvalue weighted by Gasteiger charge is 2.68. The summed E-state index contributed by atoms with van der Waals surface area (Å²) < 4.78 is 23.5. The summed E-state index contributed by atoms with van der Waals surface area (Å²) in [7, 11) is 0. The minimum absolute atomic E-state index is 0.0245. The van der Waals surface area contributed by atoms with Crippen LogP contribution in [-0.2, 0) is 38.1 Å². The number of carbonyl (C=O) groups excluding carboxylic acids is 4. The van der Waals surface area contributed by atoms with Crippen molar-refractivity contribution >= 4 is 23.9 Å². The van der Waals surface area contributed by atoms with Crippen molar-refractivity contribution in [1.29, 1.82) is 0 Å². The second-order valence-corrected chi connectivity index (χ2v) is 18.4. The lowest BCUT2D eigenvalue weighted by atomic mass is 9.49. The van der Waals surface area contributed by atoms with E-state index in [2.05, 4.69) is 6.92 Å². The van der Waals surface area contributed by atoms with Crippen LogP contribution in [0.3, 0.4) is 0 Å². The zero-order valence-electron chi connectivity index (χ0n) is 30.0. The Bertz CT molecular complexity index is 1270. The molecule has 0 aromatic rings. The summed E-state index contributed by atoms with van der Waals surface area (Å²) in [5.41, 5.74) is -6.33. The smallest absolute Gasteiger partial charge is 0.347 e. The van der Waals surface area contributed by atoms with Crippen LogP contribution in [-0.4, -0.2) is 59.5 Å². The standard InChI is InChI=1S/C39H58O9/c1-7-39(28-18-24-13-25(20-28)21-29(39)19-24)48-33(42)36(4,5)37(6,34(43)47-30-8-10-45-31(30)40)35(2,3)32(41)46-11-9-38(44)26-14-22-12-23(16-26)17-27(38)15-22/h22-30,44H,7-21H2,1-6H3. The van der Waals surface area contributed by atoms with Crippen LogP contribution in [0.15, 0.2) is 0 Å². The van der Waals surface area contributed by atoms with Crippen molar-refractivity contribution in [3.63, 3.8) is 0 Å². The first-order chi connectivity index (χ1) is 22.5. The van der Waals surface area contributed by atoms with E-state index in [9.17, 15) is 24.3 Å². The Morgan fingerprint density at radius 2 is 1.23 bits per heavy atom. The van der Waals surface area contributed by atoms with Crippen molar-refractivity contribution in [1.82, 2.24) is 0 Å². The summed E-state index contributed by atoms with van der Waals surface area (Å²) in [4.78, 5) is 55.7. The number of ether oxygens (including phenoxy) is 4. The molecule has 1 saturated heterocycles. The minimum Gasteiger partial charge on any atom is -0.465 e. The molecular formula is C39H58O9. The Hall–Kier alpha value is -2.16. The number of carbonyl (C=O) groups is 4. The van der Waals surface area contributed by atoms with Crippen LogP contribution in [0.4, 0.5) is 0 Å². The maximum absolute atomic E-state index is 14.6. The minimum atomic E-state index is -1.78. The Kier molecular flexibility index (Phi) is 8.36. The van der Waals surface area contributed by atoms with Crippen molar-refractivity contribution < 1.29 is 43.2 Å². The van der Waals surface area contributed by atoms with Crippen LogP contribution < -0.4 is 0 Å². The Morgan fingerprint density at radius 3 is 1.69 bits per heavy atom. The SMILES string of the molecule is CCC1(OC(=O)C(C)(C)C(C)(C(=O)OC2CCOC2=O)C(C)(C)C(=O)OCCC2(O)C3CC4CC(C3)CC2C4)C2CC3CC(C2)CC1C3. The molecule has 0 radical (unpaired) electrons. The van der Waals surface area contributed by atoms with Crippen LogP contribution in [0, 0.1) is 63.6 Å². The number of rotatable bonds is 11. The van der Waals surface area contributed by atoms with E-state index in [0.29, 0.717) is 48.3 Å². The van der Waals surface area contributed by atoms with Crippen LogP contribution in [0.1, 0.15) is 125 Å². The van der Waals surface area contributed by atoms with Gasteiger partial charge in [-0.2, -0.15) is 0 Å². The van der Waals surface area contributed by atoms with E-state index in [1.165, 1.54) is 12.8 Å². The van der Waals surface area contributed by atoms with Gasteiger partial charge >= 0.3 is 23.9 Å². The van der Waals surface area contributed by atoms with Gasteiger partial charge in [-0.05, 0) is 153 Å². The molecule has 8 aliphatic carbocycles. The summed E-state index contributed by atoms with van der Waals surface area (Å²) in [5.74, 6) is 1.19. The van der Waals surface area contributed by atoms with Gasteiger partial charge in [-0.1, -0.05) is 6.92 Å². The van der Waals surface area contributed by atoms with Gasteiger partial charge in [0.2, 0.25) is 6.10 Å². The van der Waals surface area contributed by atoms with Crippen molar-refractivity contribution in [3.05, 3.63) is 0 Å². The molecule has 9 nitrogen and oxygen atoms in total. The predicted molar refractivity (Wildman–Crippen MR) is 175 cm³/mol. The van der Waals surface area contributed by atoms with Gasteiger partial charge in [-0.25, -0.2) is 4.79 Å². The third-order valence-corrected chi connectivity index (χ3v) is 15.7. The quantitative estimate of drug-likeness (QED) is 0.203. The van der Waals surface area contributed by atoms with Crippen molar-refractivity contribution in [3.8, 4) is 0 Å². The molecule has 9 rings (SSSR count). The molecule has 48 heavy (non-hydrogen) atoms. The topological polar surface area (TPSA) is 125 Å². The zero-order valence-corrected chi connectivity index (χ0v) is 30.0. The molecule has 2 atom stereocenters. The summed E-state index contributed by atoms with van der Waals surface area (Å²) in [6.45, 7) is 10.4. The number of esters is 4. The van der Waals surface area contributed by atoms with Crippen LogP contribution in [0.25, 0.3) is 0 Å². The lowest BCUT2D eigenvalue weighted by Gasteiger charge is -2.61. The predicted octanol–water partition coefficient (Wildman–Crippen LogP) is 6.17. The average molecular weight is 671 g/mol. The second kappa shape index (κ2) is 11.7. The van der Waals surface area contributed by atoms with Gasteiger partial charge in [0, 0.05) is 12.8 Å². The summed E-state index contributed by atoms with van der Waals surface area (Å²) in [6.07, 6.45) is 11.1. The fourth-order valence-corrected chi connectivity index (χ4v) is 12.5. The van der Waals surface area contributed by atoms with Gasteiger partial charge in [0.25, 0.3) is 0 Å². The lowest BCUT2D eigenvalue weighted by Crippen LogP contribution is -2.64. The van der Waals surface area contributed by atoms with Gasteiger partial charge < -0.3 is 24.1 Å². The highest BCUT2D eigenvalue weighted by Crippen LogP contribution is 2.63. The Morgan fingerprint density at radius 1 is 0.750 bits per heavy atom. The molecule has 8 saturated carbocycles. The molecule has 268 valence electrons. The van der Waals surface area contributed by atoms with E-state index >= 15 is 0 Å². The number of hydrogen-bond donors (Lipinski definition) is 1. The lowest BCUT2D eigenvalue weighted by molar-refractivity contribution is -0.231. The number of cyclic esters (lactones) is 1. The Labute approximate surface area is 285 Å². The molecule has 0 spiro atoms. The first-order valence-corrected chi connectivity index (χ1v) is 19.1. The van der Waals surface area contributed by atoms with E-state index in [1.54, 1.807) is 34.6 Å². The van der Waals surface area contributed by atoms with Gasteiger partial charge in [0.15, 0.2) is 0 Å². The van der Waals surface area contributed by atoms with E-state index in [0.717, 1.165) is 51.4 Å². The second-order valence-electron chi connectivity index (χ2n) is 18.4. The Balaban J connectivity index is 1.13. The molecule has 0 amide bonds. The summed E-state index contributed by atoms with van der Waals surface area (Å²) in [5, 5.41) is 11.9. The molecule has 1 heterocycles. The van der Waals surface area contributed by atoms with Crippen LogP contribution in [0.2, 0.25) is 0 Å². The molecule has 8 bridgehead atoms. The fourth-order valence-electron chi connectivity index (χ4n) is 12.5. The van der Waals surface area contributed by atoms with Gasteiger partial charge in [-0.3, -0.25) is 14.4 Å². The third-order valence-electron chi connectivity index (χ3n) is 15.7. The average Bonchev–Trinajstić information content (AvgIpc) is 3.43. The molecule has 1 N–H and O–H groups in total. The fraction of sp³-hybridized carbons (Fsp3) is 0.897. The summed E-state index contributed by atoms with van der Waals surface area (Å²) >= 11 is 0. The molecule has 0 aromatic carbocycles. The molecule has 0 aromatic heterocycles. The maximum Gasteiger partial charge on any atom is 0.347 e. The molecule has 9 heteroatoms. The van der Waals surface area contributed by atoms with Crippen LogP contribution >= 0.6 is 0 Å².